The number of benzene rings is 2. The van der Waals surface area contributed by atoms with Crippen LogP contribution >= 0.6 is 0 Å². The van der Waals surface area contributed by atoms with Gasteiger partial charge >= 0.3 is 0 Å². The number of rotatable bonds is 1. The molecule has 2 aromatic carbocycles. The molecule has 0 atom stereocenters. The Labute approximate surface area is 108 Å². The number of carbonyl (C=O) groups is 3. The Morgan fingerprint density at radius 3 is 2.11 bits per heavy atom. The molecule has 0 saturated heterocycles. The molecule has 0 unspecified atom stereocenters. The summed E-state index contributed by atoms with van der Waals surface area (Å²) < 4.78 is 0. The summed E-state index contributed by atoms with van der Waals surface area (Å²) in [6, 6.07) is 9.16. The summed E-state index contributed by atoms with van der Waals surface area (Å²) in [5.41, 5.74) is 0.607. The van der Waals surface area contributed by atoms with Crippen LogP contribution in [0.15, 0.2) is 36.4 Å². The van der Waals surface area contributed by atoms with Crippen LogP contribution in [-0.2, 0) is 0 Å². The van der Waals surface area contributed by atoms with E-state index in [9.17, 15) is 19.5 Å². The third kappa shape index (κ3) is 1.43. The van der Waals surface area contributed by atoms with Gasteiger partial charge in [-0.1, -0.05) is 24.3 Å². The Kier molecular flexibility index (Phi) is 2.32. The van der Waals surface area contributed by atoms with E-state index in [-0.39, 0.29) is 28.0 Å². The molecule has 0 aliphatic heterocycles. The van der Waals surface area contributed by atoms with E-state index in [1.807, 2.05) is 0 Å². The highest BCUT2D eigenvalue weighted by Gasteiger charge is 2.32. The van der Waals surface area contributed by atoms with Crippen LogP contribution in [0.3, 0.4) is 0 Å². The van der Waals surface area contributed by atoms with Crippen molar-refractivity contribution in [3.8, 4) is 5.75 Å². The summed E-state index contributed by atoms with van der Waals surface area (Å²) in [6.07, 6.45) is 0.452. The summed E-state index contributed by atoms with van der Waals surface area (Å²) in [7, 11) is 0. The fraction of sp³-hybridized carbons (Fsp3) is 0. The molecule has 0 aromatic heterocycles. The zero-order valence-electron chi connectivity index (χ0n) is 9.71. The van der Waals surface area contributed by atoms with Gasteiger partial charge in [0, 0.05) is 16.7 Å². The van der Waals surface area contributed by atoms with E-state index in [0.717, 1.165) is 0 Å². The fourth-order valence-corrected chi connectivity index (χ4v) is 2.28. The third-order valence-electron chi connectivity index (χ3n) is 3.22. The van der Waals surface area contributed by atoms with Gasteiger partial charge in [0.2, 0.25) is 0 Å². The number of phenols is 1. The normalized spacial score (nSPS) is 12.8. The lowest BCUT2D eigenvalue weighted by Gasteiger charge is -2.18. The second kappa shape index (κ2) is 3.88. The molecule has 1 aliphatic carbocycles. The second-order valence-electron chi connectivity index (χ2n) is 4.25. The SMILES string of the molecule is O=Cc1ccc2c(c1O)C(=O)c1ccccc1C2=O. The number of phenolic OH excluding ortho intramolecular Hbond substituents is 1. The Bertz CT molecular complexity index is 744. The molecule has 0 fully saturated rings. The van der Waals surface area contributed by atoms with Crippen LogP contribution in [0.2, 0.25) is 0 Å². The van der Waals surface area contributed by atoms with Crippen LogP contribution in [0.1, 0.15) is 42.2 Å². The summed E-state index contributed by atoms with van der Waals surface area (Å²) in [5.74, 6) is -1.19. The van der Waals surface area contributed by atoms with E-state index in [1.54, 1.807) is 18.2 Å². The highest BCUT2D eigenvalue weighted by molar-refractivity contribution is 6.29. The number of hydrogen-bond acceptors (Lipinski definition) is 4. The maximum atomic E-state index is 12.3. The van der Waals surface area contributed by atoms with Crippen LogP contribution in [0.25, 0.3) is 0 Å². The van der Waals surface area contributed by atoms with Crippen LogP contribution in [0, 0.1) is 0 Å². The summed E-state index contributed by atoms with van der Waals surface area (Å²) in [5, 5.41) is 9.94. The first-order chi connectivity index (χ1) is 9.15. The minimum Gasteiger partial charge on any atom is -0.506 e. The monoisotopic (exact) mass is 252 g/mol. The zero-order valence-corrected chi connectivity index (χ0v) is 9.71. The average Bonchev–Trinajstić information content (AvgIpc) is 2.44. The van der Waals surface area contributed by atoms with Gasteiger partial charge in [0.25, 0.3) is 0 Å². The van der Waals surface area contributed by atoms with Crippen LogP contribution in [0.4, 0.5) is 0 Å². The lowest BCUT2D eigenvalue weighted by Crippen LogP contribution is -2.21. The molecular formula is C15H8O4. The smallest absolute Gasteiger partial charge is 0.198 e. The molecule has 3 rings (SSSR count). The molecule has 0 radical (unpaired) electrons. The van der Waals surface area contributed by atoms with Gasteiger partial charge in [-0.3, -0.25) is 14.4 Å². The van der Waals surface area contributed by atoms with E-state index in [1.165, 1.54) is 18.2 Å². The van der Waals surface area contributed by atoms with Crippen molar-refractivity contribution in [3.05, 3.63) is 64.2 Å². The summed E-state index contributed by atoms with van der Waals surface area (Å²) >= 11 is 0. The molecule has 0 spiro atoms. The number of aldehydes is 1. The van der Waals surface area contributed by atoms with Gasteiger partial charge in [0.15, 0.2) is 17.9 Å². The molecule has 0 saturated carbocycles. The maximum absolute atomic E-state index is 12.3. The number of aromatic hydroxyl groups is 1. The van der Waals surface area contributed by atoms with Gasteiger partial charge in [-0.2, -0.15) is 0 Å². The Hall–Kier alpha value is -2.75. The van der Waals surface area contributed by atoms with E-state index >= 15 is 0 Å². The van der Waals surface area contributed by atoms with Crippen molar-refractivity contribution in [1.82, 2.24) is 0 Å². The van der Waals surface area contributed by atoms with E-state index in [2.05, 4.69) is 0 Å². The molecule has 1 aliphatic rings. The van der Waals surface area contributed by atoms with Crippen molar-refractivity contribution in [2.24, 2.45) is 0 Å². The Balaban J connectivity index is 2.36. The van der Waals surface area contributed by atoms with Crippen molar-refractivity contribution in [3.63, 3.8) is 0 Å². The Morgan fingerprint density at radius 1 is 0.842 bits per heavy atom. The molecule has 19 heavy (non-hydrogen) atoms. The number of carbonyl (C=O) groups excluding carboxylic acids is 3. The maximum Gasteiger partial charge on any atom is 0.198 e. The van der Waals surface area contributed by atoms with Crippen LogP contribution < -0.4 is 0 Å². The van der Waals surface area contributed by atoms with Crippen molar-refractivity contribution in [2.75, 3.05) is 0 Å². The summed E-state index contributed by atoms with van der Waals surface area (Å²) in [6.45, 7) is 0. The topological polar surface area (TPSA) is 71.4 Å². The van der Waals surface area contributed by atoms with Crippen LogP contribution in [0.5, 0.6) is 5.75 Å². The van der Waals surface area contributed by atoms with Gasteiger partial charge in [0.05, 0.1) is 11.1 Å². The van der Waals surface area contributed by atoms with Crippen molar-refractivity contribution in [2.45, 2.75) is 0 Å². The minimum atomic E-state index is -0.439. The minimum absolute atomic E-state index is 0.000666. The fourth-order valence-electron chi connectivity index (χ4n) is 2.28. The highest BCUT2D eigenvalue weighted by atomic mass is 16.3. The lowest BCUT2D eigenvalue weighted by molar-refractivity contribution is 0.0976. The molecule has 0 bridgehead atoms. The van der Waals surface area contributed by atoms with E-state index < -0.39 is 11.5 Å². The van der Waals surface area contributed by atoms with Gasteiger partial charge in [0.1, 0.15) is 5.75 Å². The van der Waals surface area contributed by atoms with Crippen molar-refractivity contribution < 1.29 is 19.5 Å². The number of ketones is 2. The highest BCUT2D eigenvalue weighted by Crippen LogP contribution is 2.34. The van der Waals surface area contributed by atoms with E-state index in [4.69, 9.17) is 0 Å². The summed E-state index contributed by atoms with van der Waals surface area (Å²) in [4.78, 5) is 35.4. The first-order valence-electron chi connectivity index (χ1n) is 5.64. The predicted molar refractivity (Wildman–Crippen MR) is 66.8 cm³/mol. The van der Waals surface area contributed by atoms with Gasteiger partial charge in [-0.15, -0.1) is 0 Å². The van der Waals surface area contributed by atoms with Gasteiger partial charge in [-0.25, -0.2) is 0 Å². The molecule has 92 valence electrons. The standard InChI is InChI=1S/C15H8O4/c16-7-8-5-6-11-12(13(8)17)15(19)10-4-2-1-3-9(10)14(11)18/h1-7,17H. The molecule has 4 nitrogen and oxygen atoms in total. The lowest BCUT2D eigenvalue weighted by atomic mass is 9.83. The van der Waals surface area contributed by atoms with Gasteiger partial charge < -0.3 is 5.11 Å². The average molecular weight is 252 g/mol. The predicted octanol–water partition coefficient (Wildman–Crippen LogP) is 1.98. The number of fused-ring (bicyclic) bond motifs is 2. The largest absolute Gasteiger partial charge is 0.506 e. The van der Waals surface area contributed by atoms with E-state index in [0.29, 0.717) is 11.8 Å². The molecular weight excluding hydrogens is 244 g/mol. The van der Waals surface area contributed by atoms with Crippen molar-refractivity contribution in [1.29, 1.82) is 0 Å². The van der Waals surface area contributed by atoms with Gasteiger partial charge in [-0.05, 0) is 12.1 Å². The van der Waals surface area contributed by atoms with Crippen molar-refractivity contribution >= 4 is 17.9 Å². The third-order valence-corrected chi connectivity index (χ3v) is 3.22. The number of hydrogen-bond donors (Lipinski definition) is 1. The Morgan fingerprint density at radius 2 is 1.47 bits per heavy atom. The van der Waals surface area contributed by atoms with Crippen LogP contribution in [-0.4, -0.2) is 23.0 Å². The first-order valence-corrected chi connectivity index (χ1v) is 5.64. The molecule has 4 heteroatoms. The second-order valence-corrected chi connectivity index (χ2v) is 4.25. The first kappa shape index (κ1) is 11.3. The molecule has 0 heterocycles. The molecule has 2 aromatic rings. The zero-order chi connectivity index (χ0) is 13.6. The quantitative estimate of drug-likeness (QED) is 0.672. The molecule has 1 N–H and O–H groups in total. The molecule has 0 amide bonds.